The molecule has 0 radical (unpaired) electrons. The zero-order valence-corrected chi connectivity index (χ0v) is 13.5. The summed E-state index contributed by atoms with van der Waals surface area (Å²) in [6.45, 7) is 6.29. The van der Waals surface area contributed by atoms with Gasteiger partial charge in [-0.05, 0) is 43.2 Å². The van der Waals surface area contributed by atoms with Crippen molar-refractivity contribution in [1.29, 1.82) is 0 Å². The molecule has 4 heteroatoms. The number of nitrogens with one attached hydrogen (secondary N) is 1. The molecule has 3 atom stereocenters. The third kappa shape index (κ3) is 3.67. The first-order valence-corrected chi connectivity index (χ1v) is 7.98. The third-order valence-electron chi connectivity index (χ3n) is 4.52. The number of aryl methyl sites for hydroxylation is 1. The molecule has 0 aliphatic heterocycles. The van der Waals surface area contributed by atoms with Gasteiger partial charge in [-0.3, -0.25) is 9.59 Å². The Hall–Kier alpha value is -1.84. The van der Waals surface area contributed by atoms with Crippen LogP contribution in [0.15, 0.2) is 24.3 Å². The van der Waals surface area contributed by atoms with Crippen molar-refractivity contribution in [1.82, 2.24) is 5.32 Å². The summed E-state index contributed by atoms with van der Waals surface area (Å²) >= 11 is 0. The molecule has 1 aliphatic carbocycles. The van der Waals surface area contributed by atoms with Crippen LogP contribution in [0.2, 0.25) is 0 Å². The third-order valence-corrected chi connectivity index (χ3v) is 4.52. The standard InChI is InChI=1S/C18H25NO3/c1-11(2)10-16(13-7-5-4-6-12(13)3)19-17(20)14-8-9-15(14)18(21)22/h4-7,11,14-16H,8-10H2,1-3H3,(H,19,20)(H,21,22). The summed E-state index contributed by atoms with van der Waals surface area (Å²) < 4.78 is 0. The zero-order valence-electron chi connectivity index (χ0n) is 13.5. The van der Waals surface area contributed by atoms with Crippen molar-refractivity contribution < 1.29 is 14.7 Å². The van der Waals surface area contributed by atoms with Crippen LogP contribution in [0, 0.1) is 24.7 Å². The van der Waals surface area contributed by atoms with Gasteiger partial charge in [-0.15, -0.1) is 0 Å². The van der Waals surface area contributed by atoms with Crippen molar-refractivity contribution in [3.8, 4) is 0 Å². The first-order chi connectivity index (χ1) is 10.4. The van der Waals surface area contributed by atoms with Crippen LogP contribution in [-0.2, 0) is 9.59 Å². The molecule has 0 saturated heterocycles. The number of hydrogen-bond acceptors (Lipinski definition) is 2. The van der Waals surface area contributed by atoms with Crippen molar-refractivity contribution >= 4 is 11.9 Å². The number of benzene rings is 1. The maximum atomic E-state index is 12.4. The number of carbonyl (C=O) groups excluding carboxylic acids is 1. The Morgan fingerprint density at radius 2 is 1.86 bits per heavy atom. The smallest absolute Gasteiger partial charge is 0.307 e. The highest BCUT2D eigenvalue weighted by Crippen LogP contribution is 2.35. The number of hydrogen-bond donors (Lipinski definition) is 2. The van der Waals surface area contributed by atoms with E-state index in [4.69, 9.17) is 5.11 Å². The van der Waals surface area contributed by atoms with Gasteiger partial charge in [-0.2, -0.15) is 0 Å². The van der Waals surface area contributed by atoms with Crippen LogP contribution >= 0.6 is 0 Å². The van der Waals surface area contributed by atoms with E-state index in [1.54, 1.807) is 0 Å². The molecule has 1 aromatic carbocycles. The summed E-state index contributed by atoms with van der Waals surface area (Å²) in [6.07, 6.45) is 2.12. The Morgan fingerprint density at radius 3 is 2.36 bits per heavy atom. The predicted octanol–water partition coefficient (Wildman–Crippen LogP) is 3.31. The average molecular weight is 303 g/mol. The molecular weight excluding hydrogens is 278 g/mol. The molecule has 4 nitrogen and oxygen atoms in total. The number of carboxylic acid groups (broad SMARTS) is 1. The van der Waals surface area contributed by atoms with Gasteiger partial charge in [0.2, 0.25) is 5.91 Å². The summed E-state index contributed by atoms with van der Waals surface area (Å²) in [5.74, 6) is -1.43. The van der Waals surface area contributed by atoms with Gasteiger partial charge in [-0.25, -0.2) is 0 Å². The molecule has 0 bridgehead atoms. The van der Waals surface area contributed by atoms with Crippen LogP contribution < -0.4 is 5.32 Å². The Kier molecular flexibility index (Phi) is 5.22. The molecular formula is C18H25NO3. The molecule has 0 spiro atoms. The number of carboxylic acids is 1. The largest absolute Gasteiger partial charge is 0.481 e. The van der Waals surface area contributed by atoms with Gasteiger partial charge in [0.15, 0.2) is 0 Å². The molecule has 120 valence electrons. The second-order valence-electron chi connectivity index (χ2n) is 6.68. The Morgan fingerprint density at radius 1 is 1.23 bits per heavy atom. The van der Waals surface area contributed by atoms with Crippen LogP contribution in [-0.4, -0.2) is 17.0 Å². The summed E-state index contributed by atoms with van der Waals surface area (Å²) in [7, 11) is 0. The normalized spacial score (nSPS) is 22.0. The first kappa shape index (κ1) is 16.5. The van der Waals surface area contributed by atoms with Crippen LogP contribution in [0.3, 0.4) is 0 Å². The molecule has 1 aromatic rings. The van der Waals surface area contributed by atoms with E-state index in [1.807, 2.05) is 31.2 Å². The minimum atomic E-state index is -0.859. The molecule has 0 aromatic heterocycles. The van der Waals surface area contributed by atoms with Crippen LogP contribution in [0.25, 0.3) is 0 Å². The molecule has 0 heterocycles. The van der Waals surface area contributed by atoms with E-state index in [1.165, 1.54) is 0 Å². The average Bonchev–Trinajstić information content (AvgIpc) is 2.35. The van der Waals surface area contributed by atoms with Gasteiger partial charge in [-0.1, -0.05) is 38.1 Å². The maximum absolute atomic E-state index is 12.4. The van der Waals surface area contributed by atoms with Gasteiger partial charge < -0.3 is 10.4 Å². The lowest BCUT2D eigenvalue weighted by atomic mass is 9.73. The Bertz CT molecular complexity index is 553. The minimum absolute atomic E-state index is 0.0521. The van der Waals surface area contributed by atoms with E-state index >= 15 is 0 Å². The number of aliphatic carboxylic acids is 1. The Balaban J connectivity index is 2.12. The molecule has 1 fully saturated rings. The fourth-order valence-electron chi connectivity index (χ4n) is 3.10. The van der Waals surface area contributed by atoms with Gasteiger partial charge in [0.25, 0.3) is 0 Å². The SMILES string of the molecule is Cc1ccccc1C(CC(C)C)NC(=O)C1CCC1C(=O)O. The van der Waals surface area contributed by atoms with Crippen molar-refractivity contribution in [3.63, 3.8) is 0 Å². The Labute approximate surface area is 131 Å². The summed E-state index contributed by atoms with van der Waals surface area (Å²) in [4.78, 5) is 23.5. The van der Waals surface area contributed by atoms with E-state index < -0.39 is 11.9 Å². The molecule has 2 N–H and O–H groups in total. The second kappa shape index (κ2) is 6.95. The molecule has 22 heavy (non-hydrogen) atoms. The van der Waals surface area contributed by atoms with Gasteiger partial charge >= 0.3 is 5.97 Å². The summed E-state index contributed by atoms with van der Waals surface area (Å²) in [5.41, 5.74) is 2.27. The molecule has 1 aliphatic rings. The first-order valence-electron chi connectivity index (χ1n) is 7.98. The van der Waals surface area contributed by atoms with E-state index in [0.29, 0.717) is 18.8 Å². The summed E-state index contributed by atoms with van der Waals surface area (Å²) in [6, 6.07) is 7.99. The molecule has 1 amide bonds. The fraction of sp³-hybridized carbons (Fsp3) is 0.556. The maximum Gasteiger partial charge on any atom is 0.307 e. The van der Waals surface area contributed by atoms with E-state index in [9.17, 15) is 9.59 Å². The highest BCUT2D eigenvalue weighted by molar-refractivity contribution is 5.86. The summed E-state index contributed by atoms with van der Waals surface area (Å²) in [5, 5.41) is 12.2. The van der Waals surface area contributed by atoms with Crippen molar-refractivity contribution in [2.24, 2.45) is 17.8 Å². The molecule has 1 saturated carbocycles. The van der Waals surface area contributed by atoms with Gasteiger partial charge in [0.1, 0.15) is 0 Å². The number of rotatable bonds is 6. The lowest BCUT2D eigenvalue weighted by Gasteiger charge is -2.34. The predicted molar refractivity (Wildman–Crippen MR) is 85.4 cm³/mol. The van der Waals surface area contributed by atoms with Gasteiger partial charge in [0, 0.05) is 0 Å². The monoisotopic (exact) mass is 303 g/mol. The zero-order chi connectivity index (χ0) is 16.3. The molecule has 3 unspecified atom stereocenters. The molecule has 2 rings (SSSR count). The number of amides is 1. The van der Waals surface area contributed by atoms with Crippen molar-refractivity contribution in [2.75, 3.05) is 0 Å². The van der Waals surface area contributed by atoms with Gasteiger partial charge in [0.05, 0.1) is 17.9 Å². The lowest BCUT2D eigenvalue weighted by Crippen LogP contribution is -2.45. The van der Waals surface area contributed by atoms with Crippen LogP contribution in [0.5, 0.6) is 0 Å². The van der Waals surface area contributed by atoms with Crippen molar-refractivity contribution in [2.45, 2.75) is 46.1 Å². The van der Waals surface area contributed by atoms with E-state index in [0.717, 1.165) is 17.5 Å². The fourth-order valence-corrected chi connectivity index (χ4v) is 3.10. The highest BCUT2D eigenvalue weighted by Gasteiger charge is 2.41. The van der Waals surface area contributed by atoms with Crippen molar-refractivity contribution in [3.05, 3.63) is 35.4 Å². The minimum Gasteiger partial charge on any atom is -0.481 e. The number of carbonyl (C=O) groups is 2. The van der Waals surface area contributed by atoms with E-state index in [2.05, 4.69) is 19.2 Å². The quantitative estimate of drug-likeness (QED) is 0.847. The van der Waals surface area contributed by atoms with Crippen LogP contribution in [0.1, 0.15) is 50.3 Å². The van der Waals surface area contributed by atoms with Crippen LogP contribution in [0.4, 0.5) is 0 Å². The lowest BCUT2D eigenvalue weighted by molar-refractivity contribution is -0.153. The second-order valence-corrected chi connectivity index (χ2v) is 6.68. The van der Waals surface area contributed by atoms with E-state index in [-0.39, 0.29) is 17.9 Å². The topological polar surface area (TPSA) is 66.4 Å². The highest BCUT2D eigenvalue weighted by atomic mass is 16.4.